The van der Waals surface area contributed by atoms with Crippen LogP contribution in [0.15, 0.2) is 28.1 Å². The van der Waals surface area contributed by atoms with E-state index in [0.29, 0.717) is 5.56 Å². The molecule has 2 rings (SSSR count). The Bertz CT molecular complexity index is 655. The lowest BCUT2D eigenvalue weighted by Crippen LogP contribution is -2.07. The lowest BCUT2D eigenvalue weighted by atomic mass is 10.1. The summed E-state index contributed by atoms with van der Waals surface area (Å²) in [5.41, 5.74) is 2.65. The number of hydrogen-bond acceptors (Lipinski definition) is 4. The van der Waals surface area contributed by atoms with Crippen LogP contribution >= 0.6 is 27.3 Å². The van der Waals surface area contributed by atoms with Crippen LogP contribution < -0.4 is 5.32 Å². The van der Waals surface area contributed by atoms with Crippen molar-refractivity contribution in [3.05, 3.63) is 54.2 Å². The van der Waals surface area contributed by atoms with Crippen molar-refractivity contribution in [3.63, 3.8) is 0 Å². The molecule has 1 atom stereocenters. The molecular formula is C14H15BrN2O2S. The minimum absolute atomic E-state index is 0.158. The summed E-state index contributed by atoms with van der Waals surface area (Å²) in [4.78, 5) is 11.8. The first-order valence-electron chi connectivity index (χ1n) is 6.14. The Morgan fingerprint density at radius 3 is 2.55 bits per heavy atom. The van der Waals surface area contributed by atoms with Gasteiger partial charge in [0.1, 0.15) is 0 Å². The topological polar surface area (TPSA) is 55.2 Å². The molecule has 2 aromatic rings. The summed E-state index contributed by atoms with van der Waals surface area (Å²) in [6.45, 7) is 5.72. The van der Waals surface area contributed by atoms with Gasteiger partial charge in [0.2, 0.25) is 0 Å². The van der Waals surface area contributed by atoms with Gasteiger partial charge in [-0.25, -0.2) is 0 Å². The van der Waals surface area contributed by atoms with Crippen molar-refractivity contribution < 1.29 is 4.92 Å². The molecule has 1 N–H and O–H groups in total. The quantitative estimate of drug-likeness (QED) is 0.605. The Labute approximate surface area is 130 Å². The van der Waals surface area contributed by atoms with Gasteiger partial charge < -0.3 is 5.32 Å². The molecule has 0 saturated heterocycles. The SMILES string of the molecule is Cc1cc([N+](=O)[O-])c(C)cc1NC(C)c1cc(Br)cs1. The van der Waals surface area contributed by atoms with E-state index in [-0.39, 0.29) is 16.7 Å². The van der Waals surface area contributed by atoms with E-state index >= 15 is 0 Å². The smallest absolute Gasteiger partial charge is 0.272 e. The van der Waals surface area contributed by atoms with Crippen LogP contribution in [0.5, 0.6) is 0 Å². The van der Waals surface area contributed by atoms with Crippen LogP contribution in [-0.2, 0) is 0 Å². The lowest BCUT2D eigenvalue weighted by molar-refractivity contribution is -0.385. The zero-order valence-corrected chi connectivity index (χ0v) is 13.8. The summed E-state index contributed by atoms with van der Waals surface area (Å²) in [7, 11) is 0. The molecular weight excluding hydrogens is 340 g/mol. The molecule has 0 spiro atoms. The molecule has 4 nitrogen and oxygen atoms in total. The third-order valence-corrected chi connectivity index (χ3v) is 5.00. The summed E-state index contributed by atoms with van der Waals surface area (Å²) in [5.74, 6) is 0. The standard InChI is InChI=1S/C14H15BrN2O2S/c1-8-5-13(17(18)19)9(2)4-12(8)16-10(3)14-6-11(15)7-20-14/h4-7,10,16H,1-3H3. The number of benzene rings is 1. The minimum atomic E-state index is -0.341. The van der Waals surface area contributed by atoms with Gasteiger partial charge in [0.15, 0.2) is 0 Å². The Hall–Kier alpha value is -1.40. The molecule has 1 unspecified atom stereocenters. The van der Waals surface area contributed by atoms with E-state index < -0.39 is 0 Å². The van der Waals surface area contributed by atoms with Crippen molar-refractivity contribution in [3.8, 4) is 0 Å². The van der Waals surface area contributed by atoms with Gasteiger partial charge in [0, 0.05) is 32.0 Å². The zero-order valence-electron chi connectivity index (χ0n) is 11.4. The van der Waals surface area contributed by atoms with Crippen LogP contribution in [-0.4, -0.2) is 4.92 Å². The molecule has 0 fully saturated rings. The van der Waals surface area contributed by atoms with Gasteiger partial charge in [0.05, 0.1) is 11.0 Å². The monoisotopic (exact) mass is 354 g/mol. The van der Waals surface area contributed by atoms with Crippen molar-refractivity contribution in [1.82, 2.24) is 0 Å². The van der Waals surface area contributed by atoms with E-state index in [4.69, 9.17) is 0 Å². The molecule has 0 aliphatic heterocycles. The maximum absolute atomic E-state index is 10.9. The number of halogens is 1. The lowest BCUT2D eigenvalue weighted by Gasteiger charge is -2.16. The molecule has 0 radical (unpaired) electrons. The van der Waals surface area contributed by atoms with Gasteiger partial charge in [-0.3, -0.25) is 10.1 Å². The highest BCUT2D eigenvalue weighted by molar-refractivity contribution is 9.10. The highest BCUT2D eigenvalue weighted by Crippen LogP contribution is 2.31. The molecule has 0 bridgehead atoms. The van der Waals surface area contributed by atoms with Crippen LogP contribution in [0.1, 0.15) is 29.0 Å². The molecule has 20 heavy (non-hydrogen) atoms. The number of nitro groups is 1. The number of nitrogens with zero attached hydrogens (tertiary/aromatic N) is 1. The van der Waals surface area contributed by atoms with E-state index in [0.717, 1.165) is 15.7 Å². The predicted molar refractivity (Wildman–Crippen MR) is 86.6 cm³/mol. The van der Waals surface area contributed by atoms with Crippen molar-refractivity contribution in [2.45, 2.75) is 26.8 Å². The fraction of sp³-hybridized carbons (Fsp3) is 0.286. The first kappa shape index (κ1) is 15.0. The third kappa shape index (κ3) is 3.19. The number of nitrogens with one attached hydrogen (secondary N) is 1. The van der Waals surface area contributed by atoms with E-state index in [1.165, 1.54) is 4.88 Å². The molecule has 0 aliphatic carbocycles. The molecule has 1 heterocycles. The number of rotatable bonds is 4. The number of nitro benzene ring substituents is 1. The first-order valence-corrected chi connectivity index (χ1v) is 7.82. The summed E-state index contributed by atoms with van der Waals surface area (Å²) in [6, 6.07) is 5.70. The number of hydrogen-bond donors (Lipinski definition) is 1. The Kier molecular flexibility index (Phi) is 4.45. The fourth-order valence-corrected chi connectivity index (χ4v) is 3.47. The second kappa shape index (κ2) is 5.93. The molecule has 0 aliphatic rings. The highest BCUT2D eigenvalue weighted by atomic mass is 79.9. The third-order valence-electron chi connectivity index (χ3n) is 3.13. The normalized spacial score (nSPS) is 12.2. The van der Waals surface area contributed by atoms with E-state index in [1.807, 2.05) is 18.4 Å². The second-order valence-electron chi connectivity index (χ2n) is 4.74. The molecule has 0 amide bonds. The molecule has 106 valence electrons. The minimum Gasteiger partial charge on any atom is -0.377 e. The van der Waals surface area contributed by atoms with Crippen LogP contribution in [0.3, 0.4) is 0 Å². The van der Waals surface area contributed by atoms with Crippen LogP contribution in [0.2, 0.25) is 0 Å². The first-order chi connectivity index (χ1) is 9.38. The number of anilines is 1. The van der Waals surface area contributed by atoms with Crippen molar-refractivity contribution in [2.24, 2.45) is 0 Å². The fourth-order valence-electron chi connectivity index (χ4n) is 2.01. The summed E-state index contributed by atoms with van der Waals surface area (Å²) < 4.78 is 1.07. The zero-order chi connectivity index (χ0) is 14.9. The molecule has 1 aromatic heterocycles. The van der Waals surface area contributed by atoms with Gasteiger partial charge in [-0.05, 0) is 54.4 Å². The van der Waals surface area contributed by atoms with Crippen LogP contribution in [0.25, 0.3) is 0 Å². The molecule has 0 saturated carbocycles. The Balaban J connectivity index is 2.25. The largest absolute Gasteiger partial charge is 0.377 e. The second-order valence-corrected chi connectivity index (χ2v) is 6.60. The summed E-state index contributed by atoms with van der Waals surface area (Å²) in [5, 5.41) is 16.4. The number of aryl methyl sites for hydroxylation is 2. The van der Waals surface area contributed by atoms with Gasteiger partial charge in [-0.15, -0.1) is 11.3 Å². The summed E-state index contributed by atoms with van der Waals surface area (Å²) in [6.07, 6.45) is 0. The van der Waals surface area contributed by atoms with E-state index in [9.17, 15) is 10.1 Å². The average Bonchev–Trinajstić information content (AvgIpc) is 2.79. The van der Waals surface area contributed by atoms with Gasteiger partial charge in [-0.1, -0.05) is 0 Å². The Morgan fingerprint density at radius 1 is 1.30 bits per heavy atom. The summed E-state index contributed by atoms with van der Waals surface area (Å²) >= 11 is 5.12. The van der Waals surface area contributed by atoms with Crippen molar-refractivity contribution in [2.75, 3.05) is 5.32 Å². The van der Waals surface area contributed by atoms with Gasteiger partial charge in [-0.2, -0.15) is 0 Å². The highest BCUT2D eigenvalue weighted by Gasteiger charge is 2.15. The van der Waals surface area contributed by atoms with E-state index in [2.05, 4.69) is 34.2 Å². The van der Waals surface area contributed by atoms with Crippen LogP contribution in [0.4, 0.5) is 11.4 Å². The van der Waals surface area contributed by atoms with Gasteiger partial charge in [0.25, 0.3) is 5.69 Å². The number of thiophene rings is 1. The predicted octanol–water partition coefficient (Wildman–Crippen LogP) is 5.21. The van der Waals surface area contributed by atoms with E-state index in [1.54, 1.807) is 24.3 Å². The maximum atomic E-state index is 10.9. The molecule has 6 heteroatoms. The van der Waals surface area contributed by atoms with Crippen LogP contribution in [0, 0.1) is 24.0 Å². The van der Waals surface area contributed by atoms with Gasteiger partial charge >= 0.3 is 0 Å². The average molecular weight is 355 g/mol. The van der Waals surface area contributed by atoms with Crippen molar-refractivity contribution in [1.29, 1.82) is 0 Å². The van der Waals surface area contributed by atoms with Crippen molar-refractivity contribution >= 4 is 38.6 Å². The molecule has 1 aromatic carbocycles. The maximum Gasteiger partial charge on any atom is 0.272 e. The Morgan fingerprint density at radius 2 is 2.00 bits per heavy atom.